The van der Waals surface area contributed by atoms with Gasteiger partial charge >= 0.3 is 0 Å². The van der Waals surface area contributed by atoms with Gasteiger partial charge in [-0.2, -0.15) is 0 Å². The van der Waals surface area contributed by atoms with Crippen molar-refractivity contribution in [2.45, 2.75) is 32.2 Å². The molecule has 0 bridgehead atoms. The van der Waals surface area contributed by atoms with E-state index in [-0.39, 0.29) is 11.7 Å². The van der Waals surface area contributed by atoms with E-state index in [0.29, 0.717) is 12.3 Å². The number of hydrogen-bond donors (Lipinski definition) is 2. The SMILES string of the molecule is CC1CCN(C(=O)[C@@H](N)Cc2ccc(O)cc2)CC1. The summed E-state index contributed by atoms with van der Waals surface area (Å²) in [6.45, 7) is 3.87. The van der Waals surface area contributed by atoms with Crippen LogP contribution in [-0.4, -0.2) is 35.0 Å². The predicted octanol–water partition coefficient (Wildman–Crippen LogP) is 1.52. The van der Waals surface area contributed by atoms with Gasteiger partial charge < -0.3 is 15.7 Å². The van der Waals surface area contributed by atoms with E-state index in [1.54, 1.807) is 24.3 Å². The Balaban J connectivity index is 1.90. The summed E-state index contributed by atoms with van der Waals surface area (Å²) in [6.07, 6.45) is 2.65. The van der Waals surface area contributed by atoms with Crippen molar-refractivity contribution in [2.75, 3.05) is 13.1 Å². The Bertz CT molecular complexity index is 422. The van der Waals surface area contributed by atoms with E-state index in [1.165, 1.54) is 0 Å². The lowest BCUT2D eigenvalue weighted by Crippen LogP contribution is -2.47. The van der Waals surface area contributed by atoms with Gasteiger partial charge in [0.15, 0.2) is 0 Å². The third kappa shape index (κ3) is 3.70. The highest BCUT2D eigenvalue weighted by molar-refractivity contribution is 5.82. The van der Waals surface area contributed by atoms with E-state index in [1.807, 2.05) is 4.90 Å². The van der Waals surface area contributed by atoms with Crippen molar-refractivity contribution in [1.82, 2.24) is 4.90 Å². The summed E-state index contributed by atoms with van der Waals surface area (Å²) in [5.41, 5.74) is 6.98. The third-order valence-corrected chi connectivity index (χ3v) is 3.80. The van der Waals surface area contributed by atoms with E-state index in [9.17, 15) is 9.90 Å². The number of aromatic hydroxyl groups is 1. The second-order valence-electron chi connectivity index (χ2n) is 5.48. The number of nitrogens with zero attached hydrogens (tertiary/aromatic N) is 1. The van der Waals surface area contributed by atoms with Crippen molar-refractivity contribution in [1.29, 1.82) is 0 Å². The van der Waals surface area contributed by atoms with E-state index < -0.39 is 6.04 Å². The van der Waals surface area contributed by atoms with Gasteiger partial charge in [-0.15, -0.1) is 0 Å². The van der Waals surface area contributed by atoms with Crippen molar-refractivity contribution in [3.63, 3.8) is 0 Å². The van der Waals surface area contributed by atoms with Crippen LogP contribution in [0.15, 0.2) is 24.3 Å². The fourth-order valence-corrected chi connectivity index (χ4v) is 2.44. The molecule has 1 aromatic rings. The maximum atomic E-state index is 12.2. The Hall–Kier alpha value is -1.55. The number of carbonyl (C=O) groups is 1. The van der Waals surface area contributed by atoms with Crippen molar-refractivity contribution < 1.29 is 9.90 Å². The Kier molecular flexibility index (Phi) is 4.43. The summed E-state index contributed by atoms with van der Waals surface area (Å²) in [7, 11) is 0. The molecule has 4 heteroatoms. The summed E-state index contributed by atoms with van der Waals surface area (Å²) < 4.78 is 0. The molecule has 1 aliphatic rings. The van der Waals surface area contributed by atoms with Crippen molar-refractivity contribution in [3.8, 4) is 5.75 Å². The topological polar surface area (TPSA) is 66.6 Å². The molecule has 0 spiro atoms. The van der Waals surface area contributed by atoms with Gasteiger partial charge in [-0.05, 0) is 42.9 Å². The molecule has 0 saturated carbocycles. The smallest absolute Gasteiger partial charge is 0.239 e. The van der Waals surface area contributed by atoms with E-state index in [4.69, 9.17) is 5.73 Å². The van der Waals surface area contributed by atoms with E-state index in [2.05, 4.69) is 6.92 Å². The van der Waals surface area contributed by atoms with Gasteiger partial charge in [-0.25, -0.2) is 0 Å². The van der Waals surface area contributed by atoms with Crippen molar-refractivity contribution in [3.05, 3.63) is 29.8 Å². The molecule has 4 nitrogen and oxygen atoms in total. The van der Waals surface area contributed by atoms with Crippen LogP contribution in [-0.2, 0) is 11.2 Å². The van der Waals surface area contributed by atoms with Gasteiger partial charge in [-0.1, -0.05) is 19.1 Å². The normalized spacial score (nSPS) is 18.3. The number of hydrogen-bond acceptors (Lipinski definition) is 3. The maximum absolute atomic E-state index is 12.2. The molecule has 2 rings (SSSR count). The Morgan fingerprint density at radius 3 is 2.53 bits per heavy atom. The molecule has 1 fully saturated rings. The molecule has 1 amide bonds. The van der Waals surface area contributed by atoms with Crippen LogP contribution >= 0.6 is 0 Å². The molecule has 0 radical (unpaired) electrons. The van der Waals surface area contributed by atoms with E-state index >= 15 is 0 Å². The Morgan fingerprint density at radius 1 is 1.37 bits per heavy atom. The average Bonchev–Trinajstić information content (AvgIpc) is 2.41. The first-order chi connectivity index (χ1) is 9.06. The predicted molar refractivity (Wildman–Crippen MR) is 74.8 cm³/mol. The van der Waals surface area contributed by atoms with Crippen molar-refractivity contribution >= 4 is 5.91 Å². The highest BCUT2D eigenvalue weighted by Gasteiger charge is 2.24. The van der Waals surface area contributed by atoms with Gasteiger partial charge in [-0.3, -0.25) is 4.79 Å². The molecule has 1 aliphatic heterocycles. The Labute approximate surface area is 114 Å². The maximum Gasteiger partial charge on any atom is 0.239 e. The molecule has 0 aliphatic carbocycles. The van der Waals surface area contributed by atoms with Crippen LogP contribution in [0.1, 0.15) is 25.3 Å². The fraction of sp³-hybridized carbons (Fsp3) is 0.533. The molecule has 0 aromatic heterocycles. The molecule has 19 heavy (non-hydrogen) atoms. The number of carbonyl (C=O) groups excluding carboxylic acids is 1. The summed E-state index contributed by atoms with van der Waals surface area (Å²) in [5, 5.41) is 9.22. The zero-order chi connectivity index (χ0) is 13.8. The van der Waals surface area contributed by atoms with Crippen LogP contribution in [0, 0.1) is 5.92 Å². The standard InChI is InChI=1S/C15H22N2O2/c1-11-6-8-17(9-7-11)15(19)14(16)10-12-2-4-13(18)5-3-12/h2-5,11,14,18H,6-10,16H2,1H3/t14-/m0/s1. The van der Waals surface area contributed by atoms with Gasteiger partial charge in [0, 0.05) is 13.1 Å². The first-order valence-corrected chi connectivity index (χ1v) is 6.88. The van der Waals surface area contributed by atoms with E-state index in [0.717, 1.165) is 31.5 Å². The molecule has 3 N–H and O–H groups in total. The average molecular weight is 262 g/mol. The zero-order valence-corrected chi connectivity index (χ0v) is 11.4. The number of phenolic OH excluding ortho intramolecular Hbond substituents is 1. The molecule has 1 saturated heterocycles. The number of likely N-dealkylation sites (tertiary alicyclic amines) is 1. The Morgan fingerprint density at radius 2 is 1.95 bits per heavy atom. The number of rotatable bonds is 3. The van der Waals surface area contributed by atoms with Crippen LogP contribution < -0.4 is 5.73 Å². The van der Waals surface area contributed by atoms with Gasteiger partial charge in [0.05, 0.1) is 6.04 Å². The molecular weight excluding hydrogens is 240 g/mol. The summed E-state index contributed by atoms with van der Waals surface area (Å²) in [6, 6.07) is 6.36. The number of amides is 1. The minimum Gasteiger partial charge on any atom is -0.508 e. The molecule has 104 valence electrons. The highest BCUT2D eigenvalue weighted by atomic mass is 16.3. The van der Waals surface area contributed by atoms with Gasteiger partial charge in [0.2, 0.25) is 5.91 Å². The second-order valence-corrected chi connectivity index (χ2v) is 5.48. The number of phenols is 1. The zero-order valence-electron chi connectivity index (χ0n) is 11.4. The lowest BCUT2D eigenvalue weighted by Gasteiger charge is -2.32. The first-order valence-electron chi connectivity index (χ1n) is 6.88. The van der Waals surface area contributed by atoms with Gasteiger partial charge in [0.25, 0.3) is 0 Å². The minimum atomic E-state index is -0.488. The first kappa shape index (κ1) is 13.9. The summed E-state index contributed by atoms with van der Waals surface area (Å²) in [4.78, 5) is 14.1. The van der Waals surface area contributed by atoms with Crippen LogP contribution in [0.5, 0.6) is 5.75 Å². The number of benzene rings is 1. The molecule has 1 atom stereocenters. The van der Waals surface area contributed by atoms with Crippen LogP contribution in [0.4, 0.5) is 0 Å². The monoisotopic (exact) mass is 262 g/mol. The van der Waals surface area contributed by atoms with Crippen LogP contribution in [0.2, 0.25) is 0 Å². The number of nitrogens with two attached hydrogens (primary N) is 1. The van der Waals surface area contributed by atoms with Gasteiger partial charge in [0.1, 0.15) is 5.75 Å². The summed E-state index contributed by atoms with van der Waals surface area (Å²) in [5.74, 6) is 0.978. The largest absolute Gasteiger partial charge is 0.508 e. The van der Waals surface area contributed by atoms with Crippen LogP contribution in [0.3, 0.4) is 0 Å². The molecule has 1 heterocycles. The quantitative estimate of drug-likeness (QED) is 0.868. The lowest BCUT2D eigenvalue weighted by molar-refractivity contribution is -0.133. The third-order valence-electron chi connectivity index (χ3n) is 3.80. The summed E-state index contributed by atoms with van der Waals surface area (Å²) >= 11 is 0. The van der Waals surface area contributed by atoms with Crippen LogP contribution in [0.25, 0.3) is 0 Å². The lowest BCUT2D eigenvalue weighted by atomic mass is 9.98. The van der Waals surface area contributed by atoms with Crippen molar-refractivity contribution in [2.24, 2.45) is 11.7 Å². The fourth-order valence-electron chi connectivity index (χ4n) is 2.44. The highest BCUT2D eigenvalue weighted by Crippen LogP contribution is 2.17. The number of piperidine rings is 1. The molecular formula is C15H22N2O2. The molecule has 1 aromatic carbocycles. The molecule has 0 unspecified atom stereocenters. The minimum absolute atomic E-state index is 0.0416. The second kappa shape index (κ2) is 6.06.